The fraction of sp³-hybridized carbons (Fsp3) is 0.211. The number of sulfonamides is 1. The molecule has 2 aromatic heterocycles. The van der Waals surface area contributed by atoms with Crippen molar-refractivity contribution in [1.82, 2.24) is 13.9 Å². The Morgan fingerprint density at radius 1 is 1.19 bits per heavy atom. The maximum Gasteiger partial charge on any atom is 0.243 e. The van der Waals surface area contributed by atoms with Gasteiger partial charge in [0.25, 0.3) is 0 Å². The number of hydrogen-bond acceptors (Lipinski definition) is 3. The highest BCUT2D eigenvalue weighted by molar-refractivity contribution is 7.89. The SMILES string of the molecule is Cn1cc(C2=CCN(S(=O)(=O)c3cccc(Cl)c3)CC2)c2cccnc21. The second-order valence-corrected chi connectivity index (χ2v) is 8.70. The Bertz CT molecular complexity index is 1120. The lowest BCUT2D eigenvalue weighted by Gasteiger charge is -2.26. The van der Waals surface area contributed by atoms with E-state index in [-0.39, 0.29) is 4.90 Å². The number of halogens is 1. The number of rotatable bonds is 3. The molecule has 0 amide bonds. The van der Waals surface area contributed by atoms with Crippen molar-refractivity contribution in [2.45, 2.75) is 11.3 Å². The number of aryl methyl sites for hydroxylation is 1. The minimum absolute atomic E-state index is 0.233. The first-order valence-electron chi connectivity index (χ1n) is 8.32. The van der Waals surface area contributed by atoms with Gasteiger partial charge in [-0.05, 0) is 42.3 Å². The van der Waals surface area contributed by atoms with Gasteiger partial charge in [-0.15, -0.1) is 0 Å². The predicted molar refractivity (Wildman–Crippen MR) is 104 cm³/mol. The van der Waals surface area contributed by atoms with E-state index in [0.29, 0.717) is 24.5 Å². The van der Waals surface area contributed by atoms with Crippen LogP contribution in [-0.2, 0) is 17.1 Å². The van der Waals surface area contributed by atoms with E-state index in [1.807, 2.05) is 29.8 Å². The van der Waals surface area contributed by atoms with Gasteiger partial charge < -0.3 is 4.57 Å². The minimum atomic E-state index is -3.54. The topological polar surface area (TPSA) is 55.2 Å². The van der Waals surface area contributed by atoms with Gasteiger partial charge in [-0.1, -0.05) is 23.7 Å². The Kier molecular flexibility index (Phi) is 4.34. The van der Waals surface area contributed by atoms with Crippen molar-refractivity contribution in [3.8, 4) is 0 Å². The van der Waals surface area contributed by atoms with Crippen LogP contribution in [0.25, 0.3) is 16.6 Å². The van der Waals surface area contributed by atoms with Gasteiger partial charge in [-0.25, -0.2) is 13.4 Å². The third-order valence-electron chi connectivity index (χ3n) is 4.69. The Morgan fingerprint density at radius 3 is 2.77 bits per heavy atom. The van der Waals surface area contributed by atoms with Crippen LogP contribution in [0.3, 0.4) is 0 Å². The molecule has 0 saturated carbocycles. The van der Waals surface area contributed by atoms with Gasteiger partial charge >= 0.3 is 0 Å². The maximum absolute atomic E-state index is 12.8. The molecule has 0 radical (unpaired) electrons. The van der Waals surface area contributed by atoms with Crippen LogP contribution in [0.2, 0.25) is 5.02 Å². The van der Waals surface area contributed by atoms with E-state index in [1.165, 1.54) is 10.4 Å². The lowest BCUT2D eigenvalue weighted by Crippen LogP contribution is -2.34. The number of pyridine rings is 1. The van der Waals surface area contributed by atoms with E-state index in [9.17, 15) is 8.42 Å². The predicted octanol–water partition coefficient (Wildman–Crippen LogP) is 3.70. The van der Waals surface area contributed by atoms with E-state index in [1.54, 1.807) is 24.4 Å². The summed E-state index contributed by atoms with van der Waals surface area (Å²) in [5.74, 6) is 0. The number of aromatic nitrogens is 2. The van der Waals surface area contributed by atoms with Crippen molar-refractivity contribution in [3.05, 3.63) is 65.5 Å². The van der Waals surface area contributed by atoms with Crippen LogP contribution < -0.4 is 0 Å². The van der Waals surface area contributed by atoms with Gasteiger partial charge in [-0.3, -0.25) is 0 Å². The number of benzene rings is 1. The highest BCUT2D eigenvalue weighted by Crippen LogP contribution is 2.31. The van der Waals surface area contributed by atoms with Crippen LogP contribution in [0.5, 0.6) is 0 Å². The molecule has 3 aromatic rings. The molecule has 0 N–H and O–H groups in total. The van der Waals surface area contributed by atoms with Gasteiger partial charge in [0.15, 0.2) is 0 Å². The van der Waals surface area contributed by atoms with Crippen LogP contribution in [0, 0.1) is 0 Å². The molecule has 0 unspecified atom stereocenters. The molecule has 0 saturated heterocycles. The first-order valence-corrected chi connectivity index (χ1v) is 10.1. The molecule has 0 atom stereocenters. The van der Waals surface area contributed by atoms with Crippen molar-refractivity contribution in [2.75, 3.05) is 13.1 Å². The van der Waals surface area contributed by atoms with Gasteiger partial charge in [0.05, 0.1) is 4.90 Å². The molecular formula is C19H18ClN3O2S. The summed E-state index contributed by atoms with van der Waals surface area (Å²) >= 11 is 5.95. The zero-order valence-corrected chi connectivity index (χ0v) is 15.8. The van der Waals surface area contributed by atoms with E-state index >= 15 is 0 Å². The Hall–Kier alpha value is -2.15. The molecule has 0 aliphatic carbocycles. The van der Waals surface area contributed by atoms with Crippen molar-refractivity contribution >= 4 is 38.2 Å². The molecule has 1 aliphatic rings. The summed E-state index contributed by atoms with van der Waals surface area (Å²) in [4.78, 5) is 4.65. The first kappa shape index (κ1) is 17.3. The van der Waals surface area contributed by atoms with E-state index in [2.05, 4.69) is 11.2 Å². The second-order valence-electron chi connectivity index (χ2n) is 6.33. The average Bonchev–Trinajstić information content (AvgIpc) is 2.99. The molecule has 0 bridgehead atoms. The standard InChI is InChI=1S/C19H18ClN3O2S/c1-22-13-18(17-6-3-9-21-19(17)22)14-7-10-23(11-8-14)26(24,25)16-5-2-4-15(20)12-16/h2-7,9,12-13H,8,10-11H2,1H3. The number of nitrogens with zero attached hydrogens (tertiary/aromatic N) is 3. The molecule has 134 valence electrons. The van der Waals surface area contributed by atoms with Crippen molar-refractivity contribution < 1.29 is 8.42 Å². The van der Waals surface area contributed by atoms with E-state index in [4.69, 9.17) is 11.6 Å². The van der Waals surface area contributed by atoms with Gasteiger partial charge in [0, 0.05) is 48.5 Å². The molecule has 26 heavy (non-hydrogen) atoms. The number of hydrogen-bond donors (Lipinski definition) is 0. The van der Waals surface area contributed by atoms with Crippen LogP contribution in [0.15, 0.2) is 59.8 Å². The molecular weight excluding hydrogens is 370 g/mol. The fourth-order valence-electron chi connectivity index (χ4n) is 3.36. The lowest BCUT2D eigenvalue weighted by atomic mass is 10.0. The zero-order valence-electron chi connectivity index (χ0n) is 14.3. The van der Waals surface area contributed by atoms with Crippen LogP contribution >= 0.6 is 11.6 Å². The summed E-state index contributed by atoms with van der Waals surface area (Å²) < 4.78 is 29.1. The third-order valence-corrected chi connectivity index (χ3v) is 6.78. The molecule has 3 heterocycles. The zero-order chi connectivity index (χ0) is 18.3. The summed E-state index contributed by atoms with van der Waals surface area (Å²) in [5.41, 5.74) is 3.20. The summed E-state index contributed by atoms with van der Waals surface area (Å²) in [6.07, 6.45) is 6.49. The Morgan fingerprint density at radius 2 is 2.04 bits per heavy atom. The van der Waals surface area contributed by atoms with Crippen molar-refractivity contribution in [2.24, 2.45) is 7.05 Å². The third kappa shape index (κ3) is 2.94. The molecule has 4 rings (SSSR count). The van der Waals surface area contributed by atoms with E-state index < -0.39 is 10.0 Å². The smallest absolute Gasteiger partial charge is 0.243 e. The lowest BCUT2D eigenvalue weighted by molar-refractivity contribution is 0.441. The summed E-state index contributed by atoms with van der Waals surface area (Å²) in [7, 11) is -1.57. The second kappa shape index (κ2) is 6.54. The van der Waals surface area contributed by atoms with E-state index in [0.717, 1.165) is 22.2 Å². The Labute approximate surface area is 157 Å². The largest absolute Gasteiger partial charge is 0.335 e. The summed E-state index contributed by atoms with van der Waals surface area (Å²) in [6, 6.07) is 10.4. The number of fused-ring (bicyclic) bond motifs is 1. The molecule has 1 aromatic carbocycles. The minimum Gasteiger partial charge on any atom is -0.335 e. The molecule has 1 aliphatic heterocycles. The van der Waals surface area contributed by atoms with Crippen LogP contribution in [-0.4, -0.2) is 35.4 Å². The maximum atomic E-state index is 12.8. The first-order chi connectivity index (χ1) is 12.5. The normalized spacial score (nSPS) is 16.0. The van der Waals surface area contributed by atoms with Gasteiger partial charge in [-0.2, -0.15) is 4.31 Å². The van der Waals surface area contributed by atoms with Crippen molar-refractivity contribution in [1.29, 1.82) is 0 Å². The van der Waals surface area contributed by atoms with Gasteiger partial charge in [0.1, 0.15) is 5.65 Å². The van der Waals surface area contributed by atoms with Crippen molar-refractivity contribution in [3.63, 3.8) is 0 Å². The summed E-state index contributed by atoms with van der Waals surface area (Å²) in [6.45, 7) is 0.790. The molecule has 0 fully saturated rings. The van der Waals surface area contributed by atoms with Crippen LogP contribution in [0.4, 0.5) is 0 Å². The highest BCUT2D eigenvalue weighted by atomic mass is 35.5. The Balaban J connectivity index is 1.64. The fourth-order valence-corrected chi connectivity index (χ4v) is 5.04. The molecule has 0 spiro atoms. The van der Waals surface area contributed by atoms with Gasteiger partial charge in [0.2, 0.25) is 10.0 Å². The van der Waals surface area contributed by atoms with Crippen LogP contribution in [0.1, 0.15) is 12.0 Å². The molecule has 5 nitrogen and oxygen atoms in total. The summed E-state index contributed by atoms with van der Waals surface area (Å²) in [5, 5.41) is 1.51. The monoisotopic (exact) mass is 387 g/mol. The average molecular weight is 388 g/mol. The quantitative estimate of drug-likeness (QED) is 0.688. The highest BCUT2D eigenvalue weighted by Gasteiger charge is 2.27. The molecule has 7 heteroatoms.